The van der Waals surface area contributed by atoms with Gasteiger partial charge in [0.2, 0.25) is 0 Å². The Hall–Kier alpha value is -3.29. The highest BCUT2D eigenvalue weighted by atomic mass is 32.2. The Bertz CT molecular complexity index is 1430. The van der Waals surface area contributed by atoms with Crippen molar-refractivity contribution >= 4 is 37.7 Å². The Morgan fingerprint density at radius 1 is 0.875 bits per heavy atom. The van der Waals surface area contributed by atoms with Crippen LogP contribution in [0.4, 0.5) is 0 Å². The summed E-state index contributed by atoms with van der Waals surface area (Å²) in [7, 11) is -3.95. The first-order chi connectivity index (χ1) is 15.5. The number of hydrogen-bond donors (Lipinski definition) is 1. The summed E-state index contributed by atoms with van der Waals surface area (Å²) in [4.78, 5) is 0.123. The van der Waals surface area contributed by atoms with Crippen molar-refractivity contribution in [2.45, 2.75) is 17.2 Å². The van der Waals surface area contributed by atoms with Gasteiger partial charge in [0.1, 0.15) is 21.1 Å². The zero-order valence-electron chi connectivity index (χ0n) is 17.2. The molecule has 4 aromatic rings. The zero-order chi connectivity index (χ0) is 22.1. The molecule has 1 aliphatic heterocycles. The number of nitrogens with one attached hydrogen (secondary N) is 1. The van der Waals surface area contributed by atoms with E-state index in [2.05, 4.69) is 28.7 Å². The van der Waals surface area contributed by atoms with Crippen molar-refractivity contribution in [2.75, 3.05) is 0 Å². The van der Waals surface area contributed by atoms with Gasteiger partial charge in [-0.25, -0.2) is 0 Å². The minimum Gasteiger partial charge on any atom is -0.379 e. The number of hydrogen-bond acceptors (Lipinski definition) is 6. The summed E-state index contributed by atoms with van der Waals surface area (Å²) < 4.78 is 31.2. The lowest BCUT2D eigenvalue weighted by molar-refractivity contribution is 0.481. The third-order valence-electron chi connectivity index (χ3n) is 5.24. The largest absolute Gasteiger partial charge is 0.379 e. The van der Waals surface area contributed by atoms with Crippen LogP contribution >= 0.6 is 11.8 Å². The lowest BCUT2D eigenvalue weighted by atomic mass is 10.1. The van der Waals surface area contributed by atoms with E-state index in [0.29, 0.717) is 5.56 Å². The van der Waals surface area contributed by atoms with Crippen LogP contribution in [0.1, 0.15) is 22.1 Å². The van der Waals surface area contributed by atoms with Crippen molar-refractivity contribution < 1.29 is 12.6 Å². The molecule has 1 N–H and O–H groups in total. The minimum absolute atomic E-state index is 0.123. The topological polar surface area (TPSA) is 67.8 Å². The van der Waals surface area contributed by atoms with Crippen LogP contribution in [0.5, 0.6) is 5.75 Å². The van der Waals surface area contributed by atoms with Gasteiger partial charge in [0.25, 0.3) is 0 Å². The normalized spacial score (nSPS) is 15.9. The Labute approximate surface area is 191 Å². The van der Waals surface area contributed by atoms with Gasteiger partial charge >= 0.3 is 10.1 Å². The van der Waals surface area contributed by atoms with Crippen molar-refractivity contribution in [2.24, 2.45) is 5.10 Å². The summed E-state index contributed by atoms with van der Waals surface area (Å²) in [5.41, 5.74) is 5.87. The van der Waals surface area contributed by atoms with Crippen molar-refractivity contribution in [3.05, 3.63) is 108 Å². The maximum Gasteiger partial charge on any atom is 0.339 e. The van der Waals surface area contributed by atoms with E-state index in [4.69, 9.17) is 4.18 Å². The zero-order valence-corrected chi connectivity index (χ0v) is 18.9. The predicted molar refractivity (Wildman–Crippen MR) is 129 cm³/mol. The van der Waals surface area contributed by atoms with E-state index in [9.17, 15) is 8.42 Å². The predicted octanol–water partition coefficient (Wildman–Crippen LogP) is 5.61. The Morgan fingerprint density at radius 3 is 2.44 bits per heavy atom. The van der Waals surface area contributed by atoms with Gasteiger partial charge in [0.15, 0.2) is 0 Å². The summed E-state index contributed by atoms with van der Waals surface area (Å²) in [6, 6.07) is 28.0. The second-order valence-electron chi connectivity index (χ2n) is 7.46. The van der Waals surface area contributed by atoms with Gasteiger partial charge in [0.05, 0.1) is 0 Å². The smallest absolute Gasteiger partial charge is 0.339 e. The van der Waals surface area contributed by atoms with Gasteiger partial charge in [-0.1, -0.05) is 90.1 Å². The number of aryl methyl sites for hydroxylation is 1. The number of nitrogens with zero attached hydrogens (tertiary/aromatic N) is 1. The SMILES string of the molecule is Cc1ccc(S(=O)(=O)Oc2ccccc2[C@@H]2NN=C(c3cccc4ccccc34)S2)cc1. The molecule has 0 amide bonds. The lowest BCUT2D eigenvalue weighted by Crippen LogP contribution is -2.14. The number of hydrazone groups is 1. The van der Waals surface area contributed by atoms with Gasteiger partial charge in [-0.3, -0.25) is 5.43 Å². The molecule has 1 atom stereocenters. The van der Waals surface area contributed by atoms with Crippen molar-refractivity contribution in [3.63, 3.8) is 0 Å². The van der Waals surface area contributed by atoms with E-state index >= 15 is 0 Å². The van der Waals surface area contributed by atoms with E-state index in [0.717, 1.165) is 26.9 Å². The molecular weight excluding hydrogens is 440 g/mol. The third kappa shape index (κ3) is 3.97. The van der Waals surface area contributed by atoms with Crippen LogP contribution in [0, 0.1) is 6.92 Å². The van der Waals surface area contributed by atoms with Gasteiger partial charge in [-0.05, 0) is 35.9 Å². The first-order valence-corrected chi connectivity index (χ1v) is 12.4. The summed E-state index contributed by atoms with van der Waals surface area (Å²) in [5, 5.41) is 7.39. The fourth-order valence-electron chi connectivity index (χ4n) is 3.59. The molecular formula is C25H20N2O3S2. The van der Waals surface area contributed by atoms with E-state index in [-0.39, 0.29) is 16.0 Å². The molecule has 4 aromatic carbocycles. The molecule has 0 fully saturated rings. The quantitative estimate of drug-likeness (QED) is 0.392. The van der Waals surface area contributed by atoms with E-state index in [1.54, 1.807) is 36.4 Å². The molecule has 0 bridgehead atoms. The second kappa shape index (κ2) is 8.33. The lowest BCUT2D eigenvalue weighted by Gasteiger charge is -2.15. The molecule has 7 heteroatoms. The highest BCUT2D eigenvalue weighted by Crippen LogP contribution is 2.40. The number of fused-ring (bicyclic) bond motifs is 1. The van der Waals surface area contributed by atoms with Crippen LogP contribution in [0.3, 0.4) is 0 Å². The molecule has 0 saturated carbocycles. The molecule has 0 unspecified atom stereocenters. The molecule has 160 valence electrons. The molecule has 1 aliphatic rings. The monoisotopic (exact) mass is 460 g/mol. The number of thioether (sulfide) groups is 1. The first kappa shape index (κ1) is 20.6. The Kier molecular flexibility index (Phi) is 5.36. The van der Waals surface area contributed by atoms with E-state index in [1.807, 2.05) is 43.3 Å². The summed E-state index contributed by atoms with van der Waals surface area (Å²) in [6.45, 7) is 1.91. The molecule has 0 spiro atoms. The van der Waals surface area contributed by atoms with Crippen molar-refractivity contribution in [3.8, 4) is 5.75 Å². The van der Waals surface area contributed by atoms with Crippen LogP contribution in [0.25, 0.3) is 10.8 Å². The van der Waals surface area contributed by atoms with Crippen molar-refractivity contribution in [1.82, 2.24) is 5.43 Å². The Balaban J connectivity index is 1.42. The maximum absolute atomic E-state index is 12.8. The molecule has 32 heavy (non-hydrogen) atoms. The van der Waals surface area contributed by atoms with Crippen LogP contribution in [0.2, 0.25) is 0 Å². The molecule has 0 aliphatic carbocycles. The van der Waals surface area contributed by atoms with Gasteiger partial charge in [0, 0.05) is 11.1 Å². The third-order valence-corrected chi connectivity index (χ3v) is 7.62. The standard InChI is InChI=1S/C25H20N2O3S2/c1-17-13-15-19(16-14-17)32(28,29)30-23-12-5-4-10-22(23)25-27-26-24(31-25)21-11-6-8-18-7-2-3-9-20(18)21/h2-16,25,27H,1H3/t25-/m1/s1. The Morgan fingerprint density at radius 2 is 1.59 bits per heavy atom. The molecule has 0 saturated heterocycles. The van der Waals surface area contributed by atoms with E-state index in [1.165, 1.54) is 11.8 Å². The number of benzene rings is 4. The fraction of sp³-hybridized carbons (Fsp3) is 0.0800. The summed E-state index contributed by atoms with van der Waals surface area (Å²) in [6.07, 6.45) is 0. The second-order valence-corrected chi connectivity index (χ2v) is 10.1. The minimum atomic E-state index is -3.95. The first-order valence-electron chi connectivity index (χ1n) is 10.1. The molecule has 0 aromatic heterocycles. The van der Waals surface area contributed by atoms with E-state index < -0.39 is 10.1 Å². The number of rotatable bonds is 5. The molecule has 1 heterocycles. The van der Waals surface area contributed by atoms with Crippen molar-refractivity contribution in [1.29, 1.82) is 0 Å². The van der Waals surface area contributed by atoms with Crippen LogP contribution in [-0.2, 0) is 10.1 Å². The maximum atomic E-state index is 12.8. The number of para-hydroxylation sites is 1. The fourth-order valence-corrected chi connectivity index (χ4v) is 5.61. The molecule has 5 nitrogen and oxygen atoms in total. The summed E-state index contributed by atoms with van der Waals surface area (Å²) in [5.74, 6) is 0.285. The average Bonchev–Trinajstić information content (AvgIpc) is 3.29. The van der Waals surface area contributed by atoms with Gasteiger partial charge in [-0.15, -0.1) is 0 Å². The van der Waals surface area contributed by atoms with Gasteiger partial charge < -0.3 is 4.18 Å². The molecule has 5 rings (SSSR count). The highest BCUT2D eigenvalue weighted by molar-refractivity contribution is 8.14. The average molecular weight is 461 g/mol. The van der Waals surface area contributed by atoms with Gasteiger partial charge in [-0.2, -0.15) is 13.5 Å². The van der Waals surface area contributed by atoms with Crippen LogP contribution < -0.4 is 9.61 Å². The highest BCUT2D eigenvalue weighted by Gasteiger charge is 2.27. The van der Waals surface area contributed by atoms with Crippen LogP contribution in [-0.4, -0.2) is 13.5 Å². The molecule has 0 radical (unpaired) electrons. The van der Waals surface area contributed by atoms with Crippen LogP contribution in [0.15, 0.2) is 101 Å². The summed E-state index contributed by atoms with van der Waals surface area (Å²) >= 11 is 1.53.